The molecule has 0 unspecified atom stereocenters. The summed E-state index contributed by atoms with van der Waals surface area (Å²) in [6, 6.07) is 68.2. The van der Waals surface area contributed by atoms with Gasteiger partial charge in [0.15, 0.2) is 0 Å². The molecule has 0 saturated heterocycles. The molecule has 10 aromatic carbocycles. The van der Waals surface area contributed by atoms with Gasteiger partial charge in [0.1, 0.15) is 0 Å². The van der Waals surface area contributed by atoms with Crippen molar-refractivity contribution in [1.82, 2.24) is 0 Å². The highest BCUT2D eigenvalue weighted by atomic mass is 32.1. The number of thiophene rings is 1. The van der Waals surface area contributed by atoms with Crippen LogP contribution in [0.5, 0.6) is 0 Å². The molecule has 11 aromatic rings. The Hall–Kier alpha value is -6.54. The van der Waals surface area contributed by atoms with E-state index in [1.165, 1.54) is 119 Å². The summed E-state index contributed by atoms with van der Waals surface area (Å²) in [4.78, 5) is 0. The van der Waals surface area contributed by atoms with E-state index in [-0.39, 0.29) is 5.41 Å². The molecule has 56 heavy (non-hydrogen) atoms. The zero-order valence-electron chi connectivity index (χ0n) is 31.2. The van der Waals surface area contributed by atoms with Crippen LogP contribution in [0, 0.1) is 0 Å². The van der Waals surface area contributed by atoms with E-state index in [0.717, 1.165) is 0 Å². The van der Waals surface area contributed by atoms with Gasteiger partial charge in [-0.3, -0.25) is 0 Å². The molecule has 1 heteroatoms. The van der Waals surface area contributed by atoms with Crippen molar-refractivity contribution < 1.29 is 0 Å². The van der Waals surface area contributed by atoms with Gasteiger partial charge in [-0.2, -0.15) is 0 Å². The molecule has 0 fully saturated rings. The Morgan fingerprint density at radius 1 is 0.357 bits per heavy atom. The Morgan fingerprint density at radius 2 is 0.911 bits per heavy atom. The first-order chi connectivity index (χ1) is 27.5. The maximum Gasteiger partial charge on any atom is 0.0361 e. The maximum absolute atomic E-state index is 2.44. The molecule has 0 saturated carbocycles. The first-order valence-electron chi connectivity index (χ1n) is 19.6. The minimum atomic E-state index is -0.102. The fourth-order valence-electron chi connectivity index (χ4n) is 10.1. The Morgan fingerprint density at radius 3 is 1.62 bits per heavy atom. The molecule has 1 aliphatic rings. The molecule has 1 heterocycles. The minimum Gasteiger partial charge on any atom is -0.135 e. The highest BCUT2D eigenvalue weighted by Gasteiger charge is 2.37. The summed E-state index contributed by atoms with van der Waals surface area (Å²) >= 11 is 1.90. The van der Waals surface area contributed by atoms with Gasteiger partial charge in [0.25, 0.3) is 0 Å². The van der Waals surface area contributed by atoms with E-state index < -0.39 is 0 Å². The predicted octanol–water partition coefficient (Wildman–Crippen LogP) is 16.0. The molecule has 0 radical (unpaired) electrons. The van der Waals surface area contributed by atoms with Crippen LogP contribution in [0.3, 0.4) is 0 Å². The van der Waals surface area contributed by atoms with Gasteiger partial charge in [0.05, 0.1) is 0 Å². The molecule has 262 valence electrons. The van der Waals surface area contributed by atoms with Crippen LogP contribution in [0.2, 0.25) is 0 Å². The number of benzene rings is 10. The predicted molar refractivity (Wildman–Crippen MR) is 243 cm³/mol. The highest BCUT2D eigenvalue weighted by Crippen LogP contribution is 2.54. The van der Waals surface area contributed by atoms with Gasteiger partial charge in [-0.25, -0.2) is 0 Å². The summed E-state index contributed by atoms with van der Waals surface area (Å²) in [6.45, 7) is 4.81. The first-order valence-corrected chi connectivity index (χ1v) is 20.4. The highest BCUT2D eigenvalue weighted by molar-refractivity contribution is 7.26. The van der Waals surface area contributed by atoms with Crippen LogP contribution in [-0.4, -0.2) is 0 Å². The van der Waals surface area contributed by atoms with Crippen molar-refractivity contribution in [3.63, 3.8) is 0 Å². The Bertz CT molecular complexity index is 3380. The van der Waals surface area contributed by atoms with Gasteiger partial charge < -0.3 is 0 Å². The van der Waals surface area contributed by atoms with Crippen LogP contribution >= 0.6 is 11.3 Å². The van der Waals surface area contributed by atoms with E-state index in [2.05, 4.69) is 196 Å². The molecule has 0 spiro atoms. The number of fused-ring (bicyclic) bond motifs is 12. The summed E-state index contributed by atoms with van der Waals surface area (Å²) in [5, 5.41) is 13.1. The topological polar surface area (TPSA) is 0 Å². The molecule has 0 nitrogen and oxygen atoms in total. The monoisotopic (exact) mass is 728 g/mol. The molecular formula is C55H36S. The Kier molecular flexibility index (Phi) is 6.66. The lowest BCUT2D eigenvalue weighted by Gasteiger charge is -2.23. The van der Waals surface area contributed by atoms with Crippen LogP contribution < -0.4 is 0 Å². The van der Waals surface area contributed by atoms with Crippen molar-refractivity contribution in [3.8, 4) is 44.5 Å². The van der Waals surface area contributed by atoms with Crippen molar-refractivity contribution in [3.05, 3.63) is 193 Å². The average Bonchev–Trinajstić information content (AvgIpc) is 3.74. The molecule has 1 aromatic heterocycles. The molecule has 0 atom stereocenters. The van der Waals surface area contributed by atoms with Crippen LogP contribution in [0.4, 0.5) is 0 Å². The van der Waals surface area contributed by atoms with Crippen molar-refractivity contribution in [2.45, 2.75) is 19.3 Å². The van der Waals surface area contributed by atoms with E-state index in [1.54, 1.807) is 0 Å². The van der Waals surface area contributed by atoms with Crippen LogP contribution in [0.15, 0.2) is 182 Å². The number of hydrogen-bond acceptors (Lipinski definition) is 1. The molecule has 0 amide bonds. The largest absolute Gasteiger partial charge is 0.135 e. The van der Waals surface area contributed by atoms with E-state index in [9.17, 15) is 0 Å². The fraction of sp³-hybridized carbons (Fsp3) is 0.0545. The third-order valence-corrected chi connectivity index (χ3v) is 13.7. The maximum atomic E-state index is 2.44. The fourth-order valence-corrected chi connectivity index (χ4v) is 11.2. The second-order valence-corrected chi connectivity index (χ2v) is 17.1. The third-order valence-electron chi connectivity index (χ3n) is 12.6. The molecule has 0 bridgehead atoms. The van der Waals surface area contributed by atoms with Crippen molar-refractivity contribution >= 4 is 74.6 Å². The van der Waals surface area contributed by atoms with Gasteiger partial charge in [-0.05, 0) is 129 Å². The lowest BCUT2D eigenvalue weighted by Crippen LogP contribution is -2.15. The van der Waals surface area contributed by atoms with Gasteiger partial charge in [0, 0.05) is 25.6 Å². The molecule has 0 aliphatic heterocycles. The summed E-state index contributed by atoms with van der Waals surface area (Å²) in [5.74, 6) is 0. The zero-order valence-corrected chi connectivity index (χ0v) is 32.0. The zero-order chi connectivity index (χ0) is 37.1. The van der Waals surface area contributed by atoms with E-state index >= 15 is 0 Å². The SMILES string of the molecule is CC1(C)c2ccc(-c3ccc4cc(-c5c6ccccc6c(-c6ccccc6)c6ccccc56)ccc4c3)cc2-c2ccc3c(ccc4sc5ccccc5c43)c21. The Labute approximate surface area is 329 Å². The lowest BCUT2D eigenvalue weighted by atomic mass is 9.79. The summed E-state index contributed by atoms with van der Waals surface area (Å²) < 4.78 is 2.72. The molecule has 1 aliphatic carbocycles. The van der Waals surface area contributed by atoms with Crippen LogP contribution in [-0.2, 0) is 5.41 Å². The molecular weight excluding hydrogens is 693 g/mol. The smallest absolute Gasteiger partial charge is 0.0361 e. The van der Waals surface area contributed by atoms with Gasteiger partial charge in [-0.15, -0.1) is 11.3 Å². The standard InChI is InChI=1S/C55H36S/c1-55(2)48-28-24-37(32-47(48)45-26-25-43-44(54(45)55)27-29-50-53(43)46-18-10-11-19-49(46)56-50)35-20-21-36-31-38(23-22-34(36)30-35)52-41-16-8-6-14-39(41)51(33-12-4-3-5-13-33)40-15-7-9-17-42(40)52/h3-32H,1-2H3. The van der Waals surface area contributed by atoms with Crippen LogP contribution in [0.1, 0.15) is 25.0 Å². The van der Waals surface area contributed by atoms with E-state index in [1.807, 2.05) is 11.3 Å². The summed E-state index contributed by atoms with van der Waals surface area (Å²) in [7, 11) is 0. The number of hydrogen-bond donors (Lipinski definition) is 0. The normalized spacial score (nSPS) is 13.3. The average molecular weight is 729 g/mol. The first kappa shape index (κ1) is 31.8. The van der Waals surface area contributed by atoms with E-state index in [0.29, 0.717) is 0 Å². The Balaban J connectivity index is 0.975. The molecule has 0 N–H and O–H groups in total. The lowest BCUT2D eigenvalue weighted by molar-refractivity contribution is 0.666. The summed E-state index contributed by atoms with van der Waals surface area (Å²) in [5.41, 5.74) is 13.1. The van der Waals surface area contributed by atoms with Gasteiger partial charge in [0.2, 0.25) is 0 Å². The van der Waals surface area contributed by atoms with Gasteiger partial charge >= 0.3 is 0 Å². The van der Waals surface area contributed by atoms with E-state index in [4.69, 9.17) is 0 Å². The summed E-state index contributed by atoms with van der Waals surface area (Å²) in [6.07, 6.45) is 0. The number of rotatable bonds is 3. The van der Waals surface area contributed by atoms with Crippen molar-refractivity contribution in [2.75, 3.05) is 0 Å². The van der Waals surface area contributed by atoms with Gasteiger partial charge in [-0.1, -0.05) is 166 Å². The quantitative estimate of drug-likeness (QED) is 0.159. The second-order valence-electron chi connectivity index (χ2n) is 16.0. The minimum absolute atomic E-state index is 0.102. The molecule has 12 rings (SSSR count). The van der Waals surface area contributed by atoms with Crippen molar-refractivity contribution in [2.24, 2.45) is 0 Å². The third kappa shape index (κ3) is 4.47. The van der Waals surface area contributed by atoms with Crippen LogP contribution in [0.25, 0.3) is 108 Å². The second kappa shape index (κ2) is 11.7. The van der Waals surface area contributed by atoms with Crippen molar-refractivity contribution in [1.29, 1.82) is 0 Å².